The Kier molecular flexibility index (Phi) is 4.53. The first kappa shape index (κ1) is 15.8. The van der Waals surface area contributed by atoms with E-state index in [-0.39, 0.29) is 5.91 Å². The highest BCUT2D eigenvalue weighted by Gasteiger charge is 2.17. The molecule has 0 fully saturated rings. The first-order chi connectivity index (χ1) is 11.0. The minimum atomic E-state index is -0.241. The number of nitrogens with one attached hydrogen (secondary N) is 1. The van der Waals surface area contributed by atoms with Crippen LogP contribution in [0.2, 0.25) is 0 Å². The van der Waals surface area contributed by atoms with Gasteiger partial charge in [-0.15, -0.1) is 16.4 Å². The van der Waals surface area contributed by atoms with Crippen LogP contribution in [-0.4, -0.2) is 25.9 Å². The molecule has 3 rings (SSSR count). The summed E-state index contributed by atoms with van der Waals surface area (Å²) in [5.74, 6) is -0.241. The summed E-state index contributed by atoms with van der Waals surface area (Å²) in [6, 6.07) is 7.67. The molecule has 0 aliphatic heterocycles. The quantitative estimate of drug-likeness (QED) is 0.741. The van der Waals surface area contributed by atoms with Crippen molar-refractivity contribution in [1.82, 2.24) is 25.3 Å². The van der Waals surface area contributed by atoms with E-state index in [1.807, 2.05) is 38.1 Å². The van der Waals surface area contributed by atoms with Crippen LogP contribution >= 0.6 is 27.3 Å². The Balaban J connectivity index is 1.77. The Labute approximate surface area is 145 Å². The third-order valence-corrected chi connectivity index (χ3v) is 4.66. The Morgan fingerprint density at radius 1 is 1.39 bits per heavy atom. The number of rotatable bonds is 4. The van der Waals surface area contributed by atoms with Crippen molar-refractivity contribution in [3.63, 3.8) is 0 Å². The molecule has 0 saturated carbocycles. The molecular formula is C15H14BrN5OS. The van der Waals surface area contributed by atoms with Crippen LogP contribution in [0, 0.1) is 13.8 Å². The first-order valence-electron chi connectivity index (χ1n) is 6.92. The van der Waals surface area contributed by atoms with Gasteiger partial charge in [0.1, 0.15) is 0 Å². The minimum Gasteiger partial charge on any atom is -0.346 e. The predicted octanol–water partition coefficient (Wildman–Crippen LogP) is 3.03. The second-order valence-electron chi connectivity index (χ2n) is 4.94. The van der Waals surface area contributed by atoms with Crippen LogP contribution in [-0.2, 0) is 6.54 Å². The summed E-state index contributed by atoms with van der Waals surface area (Å²) < 4.78 is 2.59. The Bertz CT molecular complexity index is 857. The molecule has 8 heteroatoms. The summed E-state index contributed by atoms with van der Waals surface area (Å²) in [5, 5.41) is 11.9. The molecule has 2 aromatic heterocycles. The lowest BCUT2D eigenvalue weighted by atomic mass is 10.3. The summed E-state index contributed by atoms with van der Waals surface area (Å²) in [4.78, 5) is 17.5. The van der Waals surface area contributed by atoms with Crippen molar-refractivity contribution in [2.75, 3.05) is 0 Å². The molecule has 0 atom stereocenters. The number of carbonyl (C=O) groups is 1. The summed E-state index contributed by atoms with van der Waals surface area (Å²) >= 11 is 4.99. The minimum absolute atomic E-state index is 0.241. The maximum Gasteiger partial charge on any atom is 0.274 e. The number of benzene rings is 1. The maximum absolute atomic E-state index is 12.3. The smallest absolute Gasteiger partial charge is 0.274 e. The zero-order chi connectivity index (χ0) is 16.4. The van der Waals surface area contributed by atoms with Gasteiger partial charge >= 0.3 is 0 Å². The molecule has 2 heterocycles. The van der Waals surface area contributed by atoms with Crippen molar-refractivity contribution >= 4 is 33.2 Å². The third kappa shape index (κ3) is 3.48. The van der Waals surface area contributed by atoms with Gasteiger partial charge in [0.2, 0.25) is 0 Å². The van der Waals surface area contributed by atoms with E-state index >= 15 is 0 Å². The zero-order valence-electron chi connectivity index (χ0n) is 12.6. The van der Waals surface area contributed by atoms with Crippen molar-refractivity contribution in [3.8, 4) is 5.69 Å². The molecule has 0 radical (unpaired) electrons. The second-order valence-corrected chi connectivity index (χ2v) is 7.18. The second kappa shape index (κ2) is 6.59. The molecule has 0 unspecified atom stereocenters. The van der Waals surface area contributed by atoms with E-state index in [2.05, 4.69) is 36.5 Å². The largest absolute Gasteiger partial charge is 0.346 e. The van der Waals surface area contributed by atoms with Gasteiger partial charge in [-0.3, -0.25) is 4.79 Å². The number of amides is 1. The molecule has 0 spiro atoms. The van der Waals surface area contributed by atoms with E-state index in [0.29, 0.717) is 17.9 Å². The molecular weight excluding hydrogens is 378 g/mol. The molecule has 0 aliphatic rings. The number of halogens is 1. The summed E-state index contributed by atoms with van der Waals surface area (Å²) in [6.45, 7) is 4.20. The first-order valence-corrected chi connectivity index (χ1v) is 8.53. The van der Waals surface area contributed by atoms with Crippen LogP contribution in [0.15, 0.2) is 34.9 Å². The fourth-order valence-electron chi connectivity index (χ4n) is 2.13. The molecule has 0 bridgehead atoms. The molecule has 118 valence electrons. The molecule has 0 saturated heterocycles. The lowest BCUT2D eigenvalue weighted by Crippen LogP contribution is -2.23. The van der Waals surface area contributed by atoms with Gasteiger partial charge in [-0.1, -0.05) is 27.2 Å². The van der Waals surface area contributed by atoms with Gasteiger partial charge in [-0.2, -0.15) is 0 Å². The van der Waals surface area contributed by atoms with Crippen LogP contribution in [0.4, 0.5) is 0 Å². The summed E-state index contributed by atoms with van der Waals surface area (Å²) in [6.07, 6.45) is 1.77. The Morgan fingerprint density at radius 3 is 2.91 bits per heavy atom. The molecule has 1 aromatic carbocycles. The van der Waals surface area contributed by atoms with E-state index in [4.69, 9.17) is 0 Å². The molecule has 23 heavy (non-hydrogen) atoms. The monoisotopic (exact) mass is 391 g/mol. The molecule has 3 aromatic rings. The highest BCUT2D eigenvalue weighted by atomic mass is 79.9. The third-order valence-electron chi connectivity index (χ3n) is 3.25. The van der Waals surface area contributed by atoms with E-state index < -0.39 is 0 Å². The maximum atomic E-state index is 12.3. The van der Waals surface area contributed by atoms with Crippen LogP contribution in [0.25, 0.3) is 5.69 Å². The van der Waals surface area contributed by atoms with E-state index in [1.165, 1.54) is 0 Å². The standard InChI is InChI=1S/C15H14BrN5OS/c1-9-14(15(22)18-8-13-7-17-10(2)23-13)19-20-21(9)12-5-3-4-11(16)6-12/h3-7H,8H2,1-2H3,(H,18,22). The molecule has 0 aliphatic carbocycles. The number of carbonyl (C=O) groups excluding carboxylic acids is 1. The van der Waals surface area contributed by atoms with Crippen molar-refractivity contribution < 1.29 is 4.79 Å². The average Bonchev–Trinajstić information content (AvgIpc) is 3.11. The Morgan fingerprint density at radius 2 is 2.22 bits per heavy atom. The lowest BCUT2D eigenvalue weighted by molar-refractivity contribution is 0.0945. The van der Waals surface area contributed by atoms with Gasteiger partial charge in [0.25, 0.3) is 5.91 Å². The summed E-state index contributed by atoms with van der Waals surface area (Å²) in [7, 11) is 0. The number of hydrogen-bond acceptors (Lipinski definition) is 5. The van der Waals surface area contributed by atoms with Crippen molar-refractivity contribution in [2.45, 2.75) is 20.4 Å². The van der Waals surface area contributed by atoms with Gasteiger partial charge in [0.15, 0.2) is 5.69 Å². The van der Waals surface area contributed by atoms with Crippen molar-refractivity contribution in [1.29, 1.82) is 0 Å². The van der Waals surface area contributed by atoms with Gasteiger partial charge in [0.05, 0.1) is 22.9 Å². The fourth-order valence-corrected chi connectivity index (χ4v) is 3.25. The SMILES string of the molecule is Cc1ncc(CNC(=O)c2nnn(-c3cccc(Br)c3)c2C)s1. The van der Waals surface area contributed by atoms with E-state index in [1.54, 1.807) is 22.2 Å². The topological polar surface area (TPSA) is 72.7 Å². The number of aryl methyl sites for hydroxylation is 1. The number of aromatic nitrogens is 4. The van der Waals surface area contributed by atoms with Crippen molar-refractivity contribution in [3.05, 3.63) is 56.2 Å². The van der Waals surface area contributed by atoms with Crippen LogP contribution in [0.1, 0.15) is 26.1 Å². The molecule has 1 amide bonds. The van der Waals surface area contributed by atoms with Crippen LogP contribution in [0.3, 0.4) is 0 Å². The van der Waals surface area contributed by atoms with Crippen LogP contribution in [0.5, 0.6) is 0 Å². The average molecular weight is 392 g/mol. The van der Waals surface area contributed by atoms with Crippen molar-refractivity contribution in [2.24, 2.45) is 0 Å². The van der Waals surface area contributed by atoms with Gasteiger partial charge < -0.3 is 5.32 Å². The molecule has 6 nitrogen and oxygen atoms in total. The number of hydrogen-bond donors (Lipinski definition) is 1. The Hall–Kier alpha value is -2.06. The van der Waals surface area contributed by atoms with Gasteiger partial charge in [-0.05, 0) is 32.0 Å². The summed E-state index contributed by atoms with van der Waals surface area (Å²) in [5.41, 5.74) is 1.87. The van der Waals surface area contributed by atoms with Gasteiger partial charge in [0, 0.05) is 15.5 Å². The lowest BCUT2D eigenvalue weighted by Gasteiger charge is -2.04. The van der Waals surface area contributed by atoms with E-state index in [0.717, 1.165) is 20.0 Å². The number of nitrogens with zero attached hydrogens (tertiary/aromatic N) is 4. The highest BCUT2D eigenvalue weighted by molar-refractivity contribution is 9.10. The predicted molar refractivity (Wildman–Crippen MR) is 91.8 cm³/mol. The van der Waals surface area contributed by atoms with Gasteiger partial charge in [-0.25, -0.2) is 9.67 Å². The van der Waals surface area contributed by atoms with Crippen LogP contribution < -0.4 is 5.32 Å². The normalized spacial score (nSPS) is 10.7. The fraction of sp³-hybridized carbons (Fsp3) is 0.200. The van der Waals surface area contributed by atoms with E-state index in [9.17, 15) is 4.79 Å². The number of thiazole rings is 1. The highest BCUT2D eigenvalue weighted by Crippen LogP contribution is 2.17. The molecule has 1 N–H and O–H groups in total. The zero-order valence-corrected chi connectivity index (χ0v) is 15.0.